The summed E-state index contributed by atoms with van der Waals surface area (Å²) in [5.74, 6) is 1.07. The molecular weight excluding hydrogens is 545 g/mol. The summed E-state index contributed by atoms with van der Waals surface area (Å²) in [5.41, 5.74) is 3.20. The van der Waals surface area contributed by atoms with E-state index in [2.05, 4.69) is 9.80 Å². The lowest BCUT2D eigenvalue weighted by molar-refractivity contribution is 0.0819. The molecule has 1 N–H and O–H groups in total. The van der Waals surface area contributed by atoms with Crippen LogP contribution in [0.4, 0.5) is 8.78 Å². The fourth-order valence-corrected chi connectivity index (χ4v) is 6.15. The molecule has 1 saturated heterocycles. The number of hydrogen-bond donors (Lipinski definition) is 1. The fraction of sp³-hybridized carbons (Fsp3) is 0.400. The fourth-order valence-electron chi connectivity index (χ4n) is 4.92. The molecule has 3 aromatic carbocycles. The zero-order valence-corrected chi connectivity index (χ0v) is 23.7. The molecule has 1 heterocycles. The van der Waals surface area contributed by atoms with Crippen molar-refractivity contribution >= 4 is 35.0 Å². The number of aliphatic hydroxyl groups excluding tert-OH is 1. The highest BCUT2D eigenvalue weighted by atomic mass is 35.5. The van der Waals surface area contributed by atoms with E-state index in [9.17, 15) is 13.9 Å². The second kappa shape index (κ2) is 14.6. The van der Waals surface area contributed by atoms with E-state index in [0.717, 1.165) is 68.0 Å². The molecule has 204 valence electrons. The van der Waals surface area contributed by atoms with Crippen LogP contribution in [0.2, 0.25) is 10.0 Å². The summed E-state index contributed by atoms with van der Waals surface area (Å²) in [4.78, 5) is 4.80. The van der Waals surface area contributed by atoms with Gasteiger partial charge in [0.1, 0.15) is 11.6 Å². The van der Waals surface area contributed by atoms with E-state index in [1.165, 1.54) is 24.3 Å². The zero-order valence-electron chi connectivity index (χ0n) is 21.3. The smallest absolute Gasteiger partial charge is 0.123 e. The molecule has 0 saturated carbocycles. The third-order valence-corrected chi connectivity index (χ3v) is 8.91. The minimum absolute atomic E-state index is 0.106. The van der Waals surface area contributed by atoms with Gasteiger partial charge < -0.3 is 10.0 Å². The van der Waals surface area contributed by atoms with Crippen LogP contribution < -0.4 is 0 Å². The molecule has 4 rings (SSSR count). The van der Waals surface area contributed by atoms with Crippen LogP contribution in [0.15, 0.2) is 66.7 Å². The lowest BCUT2D eigenvalue weighted by Gasteiger charge is -2.35. The summed E-state index contributed by atoms with van der Waals surface area (Å²) in [6.45, 7) is 5.48. The number of nitrogens with zero attached hydrogens (tertiary/aromatic N) is 2. The van der Waals surface area contributed by atoms with Crippen molar-refractivity contribution in [1.82, 2.24) is 9.80 Å². The Morgan fingerprint density at radius 2 is 1.37 bits per heavy atom. The normalized spacial score (nSPS) is 15.7. The first-order valence-corrected chi connectivity index (χ1v) is 14.9. The van der Waals surface area contributed by atoms with Crippen LogP contribution in [-0.4, -0.2) is 66.0 Å². The molecule has 38 heavy (non-hydrogen) atoms. The van der Waals surface area contributed by atoms with E-state index in [0.29, 0.717) is 22.3 Å². The van der Waals surface area contributed by atoms with Gasteiger partial charge in [-0.05, 0) is 72.5 Å². The van der Waals surface area contributed by atoms with Crippen LogP contribution >= 0.6 is 35.0 Å². The van der Waals surface area contributed by atoms with Crippen LogP contribution in [0.3, 0.4) is 0 Å². The monoisotopic (exact) mass is 578 g/mol. The highest BCUT2D eigenvalue weighted by Crippen LogP contribution is 2.30. The van der Waals surface area contributed by atoms with Gasteiger partial charge in [0.25, 0.3) is 0 Å². The Kier molecular flexibility index (Phi) is 11.3. The number of β-amino-alcohol motifs (C(OH)–C–C–N with tert-alkyl or cyclic N) is 1. The van der Waals surface area contributed by atoms with E-state index < -0.39 is 0 Å². The van der Waals surface area contributed by atoms with Crippen molar-refractivity contribution in [2.24, 2.45) is 0 Å². The Morgan fingerprint density at radius 3 is 1.95 bits per heavy atom. The first-order valence-electron chi connectivity index (χ1n) is 13.0. The maximum absolute atomic E-state index is 13.5. The molecule has 0 radical (unpaired) electrons. The van der Waals surface area contributed by atoms with Crippen molar-refractivity contribution in [2.75, 3.05) is 45.0 Å². The van der Waals surface area contributed by atoms with Gasteiger partial charge in [0.05, 0.1) is 16.1 Å². The van der Waals surface area contributed by atoms with Crippen molar-refractivity contribution in [2.45, 2.75) is 30.6 Å². The minimum Gasteiger partial charge on any atom is -0.391 e. The summed E-state index contributed by atoms with van der Waals surface area (Å²) < 4.78 is 27.0. The van der Waals surface area contributed by atoms with Gasteiger partial charge in [0, 0.05) is 50.1 Å². The van der Waals surface area contributed by atoms with E-state index in [-0.39, 0.29) is 23.7 Å². The summed E-state index contributed by atoms with van der Waals surface area (Å²) in [6.07, 6.45) is 1.53. The van der Waals surface area contributed by atoms with Crippen molar-refractivity contribution in [3.63, 3.8) is 0 Å². The molecule has 1 atom stereocenters. The Balaban J connectivity index is 1.17. The standard InChI is InChI=1S/C30H34Cl2F2N2OS/c31-29-12-3-22(18-30(29)32)20-38-21-27(37)19-36-16-14-35(15-17-36)13-1-2-28(23-4-8-25(33)9-5-23)24-6-10-26(34)11-7-24/h3-12,18,27-28,37H,1-2,13-17,19-21H2. The van der Waals surface area contributed by atoms with Crippen LogP contribution in [0.5, 0.6) is 0 Å². The van der Waals surface area contributed by atoms with E-state index in [1.807, 2.05) is 36.4 Å². The first-order chi connectivity index (χ1) is 18.4. The summed E-state index contributed by atoms with van der Waals surface area (Å²) in [7, 11) is 0. The van der Waals surface area contributed by atoms with Gasteiger partial charge in [-0.25, -0.2) is 8.78 Å². The SMILES string of the molecule is OC(CSCc1ccc(Cl)c(Cl)c1)CN1CCN(CCCC(c2ccc(F)cc2)c2ccc(F)cc2)CC1. The molecule has 8 heteroatoms. The van der Waals surface area contributed by atoms with Crippen molar-refractivity contribution in [3.05, 3.63) is 105 Å². The van der Waals surface area contributed by atoms with Gasteiger partial charge in [-0.3, -0.25) is 4.90 Å². The number of rotatable bonds is 12. The Morgan fingerprint density at radius 1 is 0.789 bits per heavy atom. The molecule has 3 aromatic rings. The average molecular weight is 580 g/mol. The van der Waals surface area contributed by atoms with Gasteiger partial charge in [-0.15, -0.1) is 0 Å². The summed E-state index contributed by atoms with van der Waals surface area (Å²) >= 11 is 13.8. The third-order valence-electron chi connectivity index (χ3n) is 7.01. The molecule has 0 amide bonds. The number of halogens is 4. The Labute approximate surface area is 238 Å². The average Bonchev–Trinajstić information content (AvgIpc) is 2.91. The van der Waals surface area contributed by atoms with E-state index >= 15 is 0 Å². The van der Waals surface area contributed by atoms with Crippen LogP contribution in [0.1, 0.15) is 35.4 Å². The largest absolute Gasteiger partial charge is 0.391 e. The number of hydrogen-bond acceptors (Lipinski definition) is 4. The van der Waals surface area contributed by atoms with Crippen molar-refractivity contribution < 1.29 is 13.9 Å². The molecule has 1 unspecified atom stereocenters. The second-order valence-corrected chi connectivity index (χ2v) is 11.7. The van der Waals surface area contributed by atoms with Gasteiger partial charge in [-0.1, -0.05) is 53.5 Å². The predicted octanol–water partition coefficient (Wildman–Crippen LogP) is 7.10. The lowest BCUT2D eigenvalue weighted by Crippen LogP contribution is -2.49. The van der Waals surface area contributed by atoms with Gasteiger partial charge in [0.15, 0.2) is 0 Å². The maximum atomic E-state index is 13.5. The number of piperazine rings is 1. The molecule has 1 fully saturated rings. The number of benzene rings is 3. The molecular formula is C30H34Cl2F2N2OS. The first kappa shape index (κ1) is 29.3. The lowest BCUT2D eigenvalue weighted by atomic mass is 9.87. The quantitative estimate of drug-likeness (QED) is 0.248. The minimum atomic E-state index is -0.374. The van der Waals surface area contributed by atoms with Crippen LogP contribution in [0, 0.1) is 11.6 Å². The second-order valence-electron chi connectivity index (χ2n) is 9.86. The topological polar surface area (TPSA) is 26.7 Å². The van der Waals surface area contributed by atoms with E-state index in [1.54, 1.807) is 17.8 Å². The molecule has 1 aliphatic rings. The Bertz CT molecular complexity index is 1100. The van der Waals surface area contributed by atoms with Crippen molar-refractivity contribution in [1.29, 1.82) is 0 Å². The van der Waals surface area contributed by atoms with E-state index in [4.69, 9.17) is 23.2 Å². The van der Waals surface area contributed by atoms with Crippen LogP contribution in [0.25, 0.3) is 0 Å². The molecule has 1 aliphatic heterocycles. The summed E-state index contributed by atoms with van der Waals surface area (Å²) in [6, 6.07) is 18.9. The molecule has 0 bridgehead atoms. The highest BCUT2D eigenvalue weighted by molar-refractivity contribution is 7.98. The molecule has 0 aromatic heterocycles. The molecule has 0 spiro atoms. The van der Waals surface area contributed by atoms with Crippen LogP contribution in [-0.2, 0) is 5.75 Å². The van der Waals surface area contributed by atoms with Gasteiger partial charge in [0.2, 0.25) is 0 Å². The summed E-state index contributed by atoms with van der Waals surface area (Å²) in [5, 5.41) is 11.6. The zero-order chi connectivity index (χ0) is 26.9. The Hall–Kier alpha value is -1.67. The van der Waals surface area contributed by atoms with Gasteiger partial charge in [-0.2, -0.15) is 11.8 Å². The van der Waals surface area contributed by atoms with Gasteiger partial charge >= 0.3 is 0 Å². The maximum Gasteiger partial charge on any atom is 0.123 e. The predicted molar refractivity (Wildman–Crippen MR) is 155 cm³/mol. The molecule has 0 aliphatic carbocycles. The van der Waals surface area contributed by atoms with Crippen molar-refractivity contribution in [3.8, 4) is 0 Å². The number of aliphatic hydroxyl groups is 1. The molecule has 3 nitrogen and oxygen atoms in total. The number of thioether (sulfide) groups is 1. The highest BCUT2D eigenvalue weighted by Gasteiger charge is 2.20. The third kappa shape index (κ3) is 8.94.